The SMILES string of the molecule is COCO[C@@H]1CCCN2[C@H]1[C@@H]1OC3(CCCCC3)O[C@@H]1[C@H]2COCc1ccccc1. The number of ether oxygens (including phenoxy) is 5. The Morgan fingerprint density at radius 3 is 2.63 bits per heavy atom. The first-order chi connectivity index (χ1) is 14.8. The number of nitrogens with zero attached hydrogens (tertiary/aromatic N) is 1. The first kappa shape index (κ1) is 20.9. The molecule has 5 atom stereocenters. The molecule has 6 heteroatoms. The number of benzene rings is 1. The maximum atomic E-state index is 6.75. The molecule has 1 spiro atoms. The van der Waals surface area contributed by atoms with Crippen molar-refractivity contribution in [1.29, 1.82) is 0 Å². The van der Waals surface area contributed by atoms with Gasteiger partial charge in [-0.05, 0) is 37.8 Å². The zero-order valence-corrected chi connectivity index (χ0v) is 18.0. The van der Waals surface area contributed by atoms with Gasteiger partial charge >= 0.3 is 0 Å². The molecule has 3 saturated heterocycles. The van der Waals surface area contributed by atoms with Crippen LogP contribution in [0, 0.1) is 0 Å². The Labute approximate surface area is 179 Å². The van der Waals surface area contributed by atoms with Crippen LogP contribution in [-0.2, 0) is 30.3 Å². The molecule has 1 saturated carbocycles. The summed E-state index contributed by atoms with van der Waals surface area (Å²) in [4.78, 5) is 2.54. The minimum atomic E-state index is -0.388. The van der Waals surface area contributed by atoms with E-state index >= 15 is 0 Å². The maximum absolute atomic E-state index is 6.75. The van der Waals surface area contributed by atoms with Gasteiger partial charge in [-0.2, -0.15) is 0 Å². The summed E-state index contributed by atoms with van der Waals surface area (Å²) in [6.45, 7) is 2.66. The van der Waals surface area contributed by atoms with Crippen LogP contribution in [0.1, 0.15) is 50.5 Å². The number of methoxy groups -OCH3 is 1. The maximum Gasteiger partial charge on any atom is 0.169 e. The third-order valence-electron chi connectivity index (χ3n) is 7.25. The van der Waals surface area contributed by atoms with E-state index in [0.29, 0.717) is 20.0 Å². The van der Waals surface area contributed by atoms with Crippen LogP contribution >= 0.6 is 0 Å². The predicted molar refractivity (Wildman–Crippen MR) is 112 cm³/mol. The summed E-state index contributed by atoms with van der Waals surface area (Å²) in [5.74, 6) is -0.388. The topological polar surface area (TPSA) is 49.4 Å². The molecule has 0 unspecified atom stereocenters. The molecule has 4 aliphatic rings. The minimum Gasteiger partial charge on any atom is -0.375 e. The molecule has 3 aliphatic heterocycles. The molecule has 0 amide bonds. The van der Waals surface area contributed by atoms with E-state index < -0.39 is 0 Å². The molecule has 1 aliphatic carbocycles. The van der Waals surface area contributed by atoms with E-state index in [-0.39, 0.29) is 36.2 Å². The van der Waals surface area contributed by atoms with Crippen molar-refractivity contribution < 1.29 is 23.7 Å². The van der Waals surface area contributed by atoms with E-state index in [1.165, 1.54) is 24.8 Å². The largest absolute Gasteiger partial charge is 0.375 e. The Balaban J connectivity index is 1.32. The van der Waals surface area contributed by atoms with E-state index in [0.717, 1.165) is 32.2 Å². The Bertz CT molecular complexity index is 679. The second-order valence-corrected chi connectivity index (χ2v) is 9.19. The van der Waals surface area contributed by atoms with E-state index in [1.54, 1.807) is 7.11 Å². The van der Waals surface area contributed by atoms with Crippen molar-refractivity contribution in [2.24, 2.45) is 0 Å². The second kappa shape index (κ2) is 9.23. The van der Waals surface area contributed by atoms with Gasteiger partial charge in [0.05, 0.1) is 31.4 Å². The van der Waals surface area contributed by atoms with Gasteiger partial charge < -0.3 is 23.7 Å². The van der Waals surface area contributed by atoms with E-state index in [9.17, 15) is 0 Å². The van der Waals surface area contributed by atoms with Crippen molar-refractivity contribution in [3.63, 3.8) is 0 Å². The zero-order chi connectivity index (χ0) is 20.4. The van der Waals surface area contributed by atoms with Crippen LogP contribution in [0.3, 0.4) is 0 Å². The Morgan fingerprint density at radius 2 is 1.83 bits per heavy atom. The van der Waals surface area contributed by atoms with Gasteiger partial charge in [0.1, 0.15) is 19.0 Å². The smallest absolute Gasteiger partial charge is 0.169 e. The normalized spacial score (nSPS) is 35.4. The lowest BCUT2D eigenvalue weighted by molar-refractivity contribution is -0.223. The van der Waals surface area contributed by atoms with Crippen molar-refractivity contribution in [2.45, 2.75) is 87.7 Å². The molecule has 6 nitrogen and oxygen atoms in total. The van der Waals surface area contributed by atoms with E-state index in [4.69, 9.17) is 23.7 Å². The van der Waals surface area contributed by atoms with Crippen LogP contribution in [0.25, 0.3) is 0 Å². The van der Waals surface area contributed by atoms with Gasteiger partial charge in [0.2, 0.25) is 0 Å². The number of rotatable bonds is 7. The summed E-state index contributed by atoms with van der Waals surface area (Å²) < 4.78 is 31.0. The van der Waals surface area contributed by atoms with Crippen LogP contribution in [0.5, 0.6) is 0 Å². The molecular formula is C24H35NO5. The molecule has 5 rings (SSSR count). The lowest BCUT2D eigenvalue weighted by atomic mass is 9.94. The van der Waals surface area contributed by atoms with Crippen molar-refractivity contribution in [1.82, 2.24) is 4.90 Å². The van der Waals surface area contributed by atoms with Gasteiger partial charge in [0.25, 0.3) is 0 Å². The van der Waals surface area contributed by atoms with Gasteiger partial charge in [-0.3, -0.25) is 4.90 Å². The summed E-state index contributed by atoms with van der Waals surface area (Å²) in [6, 6.07) is 10.8. The fourth-order valence-electron chi connectivity index (χ4n) is 5.93. The predicted octanol–water partition coefficient (Wildman–Crippen LogP) is 3.48. The van der Waals surface area contributed by atoms with Gasteiger partial charge in [-0.1, -0.05) is 36.8 Å². The van der Waals surface area contributed by atoms with Crippen LogP contribution < -0.4 is 0 Å². The van der Waals surface area contributed by atoms with Gasteiger partial charge in [-0.15, -0.1) is 0 Å². The lowest BCUT2D eigenvalue weighted by Gasteiger charge is -2.42. The highest BCUT2D eigenvalue weighted by Gasteiger charge is 2.62. The molecule has 30 heavy (non-hydrogen) atoms. The fourth-order valence-corrected chi connectivity index (χ4v) is 5.93. The van der Waals surface area contributed by atoms with Crippen LogP contribution in [0.15, 0.2) is 30.3 Å². The van der Waals surface area contributed by atoms with Crippen molar-refractivity contribution in [3.8, 4) is 0 Å². The monoisotopic (exact) mass is 417 g/mol. The van der Waals surface area contributed by atoms with Gasteiger partial charge in [0.15, 0.2) is 5.79 Å². The highest BCUT2D eigenvalue weighted by molar-refractivity contribution is 5.14. The highest BCUT2D eigenvalue weighted by atomic mass is 16.8. The Kier molecular flexibility index (Phi) is 6.42. The van der Waals surface area contributed by atoms with Gasteiger partial charge in [0, 0.05) is 20.0 Å². The number of hydrogen-bond acceptors (Lipinski definition) is 6. The molecule has 0 bridgehead atoms. The standard InChI is InChI=1S/C24H35NO5/c1-26-17-28-20-11-8-14-25-19(16-27-15-18-9-4-2-5-10-18)22-23(21(20)25)30-24(29-22)12-6-3-7-13-24/h2,4-5,9-10,19-23H,3,6-8,11-17H2,1H3/t19-,20-,21-,22-,23+/m1/s1. The van der Waals surface area contributed by atoms with Crippen molar-refractivity contribution in [3.05, 3.63) is 35.9 Å². The third kappa shape index (κ3) is 4.06. The summed E-state index contributed by atoms with van der Waals surface area (Å²) in [5, 5.41) is 0. The van der Waals surface area contributed by atoms with Crippen molar-refractivity contribution in [2.75, 3.05) is 27.1 Å². The second-order valence-electron chi connectivity index (χ2n) is 9.19. The van der Waals surface area contributed by atoms with Crippen LogP contribution in [-0.4, -0.2) is 68.1 Å². The molecule has 1 aromatic rings. The molecular weight excluding hydrogens is 382 g/mol. The molecule has 166 valence electrons. The first-order valence-corrected chi connectivity index (χ1v) is 11.6. The summed E-state index contributed by atoms with van der Waals surface area (Å²) >= 11 is 0. The zero-order valence-electron chi connectivity index (χ0n) is 18.0. The average Bonchev–Trinajstić information content (AvgIpc) is 3.27. The molecule has 0 N–H and O–H groups in total. The average molecular weight is 418 g/mol. The molecule has 0 radical (unpaired) electrons. The lowest BCUT2D eigenvalue weighted by Crippen LogP contribution is -2.54. The number of hydrogen-bond donors (Lipinski definition) is 0. The van der Waals surface area contributed by atoms with Crippen LogP contribution in [0.4, 0.5) is 0 Å². The molecule has 1 aromatic carbocycles. The highest BCUT2D eigenvalue weighted by Crippen LogP contribution is 2.49. The van der Waals surface area contributed by atoms with E-state index in [2.05, 4.69) is 29.2 Å². The molecule has 0 aromatic heterocycles. The quantitative estimate of drug-likeness (QED) is 0.633. The molecule has 3 heterocycles. The number of piperidine rings is 1. The summed E-state index contributed by atoms with van der Waals surface area (Å²) in [6.07, 6.45) is 8.05. The van der Waals surface area contributed by atoms with Gasteiger partial charge in [-0.25, -0.2) is 0 Å². The van der Waals surface area contributed by atoms with Crippen molar-refractivity contribution >= 4 is 0 Å². The third-order valence-corrected chi connectivity index (χ3v) is 7.25. The Hall–Kier alpha value is -1.02. The van der Waals surface area contributed by atoms with E-state index in [1.807, 2.05) is 6.07 Å². The minimum absolute atomic E-state index is 0.0515. The summed E-state index contributed by atoms with van der Waals surface area (Å²) in [5.41, 5.74) is 1.20. The van der Waals surface area contributed by atoms with Crippen LogP contribution in [0.2, 0.25) is 0 Å². The summed E-state index contributed by atoms with van der Waals surface area (Å²) in [7, 11) is 1.68. The fraction of sp³-hybridized carbons (Fsp3) is 0.750. The first-order valence-electron chi connectivity index (χ1n) is 11.6. The Morgan fingerprint density at radius 1 is 1.03 bits per heavy atom. The number of fused-ring (bicyclic) bond motifs is 3. The molecule has 4 fully saturated rings.